The molecule has 1 rings (SSSR count). The zero-order valence-corrected chi connectivity index (χ0v) is 28.6. The first-order valence-corrected chi connectivity index (χ1v) is 18.3. The number of carboxylic acid groups (broad SMARTS) is 1. The van der Waals surface area contributed by atoms with Gasteiger partial charge in [0.1, 0.15) is 0 Å². The molecule has 2 N–H and O–H groups in total. The van der Waals surface area contributed by atoms with Gasteiger partial charge in [-0.15, -0.1) is 0 Å². The van der Waals surface area contributed by atoms with Crippen LogP contribution >= 0.6 is 0 Å². The van der Waals surface area contributed by atoms with E-state index in [4.69, 9.17) is 13.7 Å². The lowest BCUT2D eigenvalue weighted by atomic mass is 9.83. The summed E-state index contributed by atoms with van der Waals surface area (Å²) in [5, 5.41) is 12.3. The van der Waals surface area contributed by atoms with Crippen LogP contribution < -0.4 is 5.32 Å². The summed E-state index contributed by atoms with van der Waals surface area (Å²) in [6, 6.07) is 7.37. The maximum absolute atomic E-state index is 11.7. The van der Waals surface area contributed by atoms with E-state index in [0.29, 0.717) is 19.6 Å². The Kier molecular flexibility index (Phi) is 20.1. The molecule has 0 spiro atoms. The highest BCUT2D eigenvalue weighted by atomic mass is 32.2. The molecule has 9 heteroatoms. The van der Waals surface area contributed by atoms with Gasteiger partial charge in [-0.25, -0.2) is 4.79 Å². The summed E-state index contributed by atoms with van der Waals surface area (Å²) >= 11 is 0. The van der Waals surface area contributed by atoms with Gasteiger partial charge in [-0.3, -0.25) is 4.18 Å². The minimum absolute atomic E-state index is 0.00374. The molecular formula is C34H61NO7S. The Morgan fingerprint density at radius 3 is 1.65 bits per heavy atom. The topological polar surface area (TPSA) is 111 Å². The van der Waals surface area contributed by atoms with Crippen molar-refractivity contribution in [2.45, 2.75) is 154 Å². The molecule has 0 radical (unpaired) electrons. The lowest BCUT2D eigenvalue weighted by Gasteiger charge is -2.38. The third-order valence-electron chi connectivity index (χ3n) is 8.14. The quantitative estimate of drug-likeness (QED) is 0.0741. The van der Waals surface area contributed by atoms with Crippen molar-refractivity contribution in [3.63, 3.8) is 0 Å². The van der Waals surface area contributed by atoms with E-state index in [1.807, 2.05) is 38.1 Å². The first-order valence-electron chi connectivity index (χ1n) is 16.5. The average Bonchev–Trinajstić information content (AvgIpc) is 2.93. The summed E-state index contributed by atoms with van der Waals surface area (Å²) in [6.45, 7) is 6.83. The van der Waals surface area contributed by atoms with Crippen molar-refractivity contribution in [1.29, 1.82) is 0 Å². The molecule has 43 heavy (non-hydrogen) atoms. The van der Waals surface area contributed by atoms with Gasteiger partial charge in [0.05, 0.1) is 31.7 Å². The Labute approximate surface area is 262 Å². The van der Waals surface area contributed by atoms with Crippen LogP contribution in [0.4, 0.5) is 4.79 Å². The number of amides is 1. The van der Waals surface area contributed by atoms with Gasteiger partial charge < -0.3 is 19.9 Å². The number of methoxy groups -OCH3 is 1. The minimum Gasteiger partial charge on any atom is -0.465 e. The molecule has 2 atom stereocenters. The fraction of sp³-hybridized carbons (Fsp3) is 0.794. The van der Waals surface area contributed by atoms with Crippen LogP contribution in [0.5, 0.6) is 0 Å². The molecule has 0 saturated heterocycles. The van der Waals surface area contributed by atoms with Crippen LogP contribution in [-0.2, 0) is 37.0 Å². The maximum atomic E-state index is 11.7. The Morgan fingerprint density at radius 1 is 0.791 bits per heavy atom. The van der Waals surface area contributed by atoms with Gasteiger partial charge in [0.2, 0.25) is 0 Å². The van der Waals surface area contributed by atoms with Crippen LogP contribution in [0, 0.1) is 0 Å². The molecule has 0 fully saturated rings. The standard InChI is InChI=1S/C34H61NO7S/c1-6-7-8-9-10-11-12-13-14-15-16-17-18-19-20-25-33(2,35-32(36)37)28-34(3,40-4)29-41-26-30-21-23-31(24-22-30)27-42-43(5,38)39/h21-24,35H,6-20,25-29H2,1-5H3,(H,36,37). The van der Waals surface area contributed by atoms with Gasteiger partial charge in [0, 0.05) is 19.1 Å². The van der Waals surface area contributed by atoms with Crippen LogP contribution in [0.25, 0.3) is 0 Å². The molecule has 2 unspecified atom stereocenters. The summed E-state index contributed by atoms with van der Waals surface area (Å²) in [6.07, 6.45) is 20.7. The first kappa shape index (κ1) is 39.3. The van der Waals surface area contributed by atoms with Crippen molar-refractivity contribution < 1.29 is 32.0 Å². The molecule has 0 bridgehead atoms. The Balaban J connectivity index is 2.36. The number of rotatable bonds is 27. The zero-order chi connectivity index (χ0) is 32.0. The second kappa shape index (κ2) is 21.9. The predicted molar refractivity (Wildman–Crippen MR) is 175 cm³/mol. The van der Waals surface area contributed by atoms with Crippen molar-refractivity contribution in [3.05, 3.63) is 35.4 Å². The van der Waals surface area contributed by atoms with Crippen LogP contribution in [-0.4, -0.2) is 50.7 Å². The van der Waals surface area contributed by atoms with Crippen molar-refractivity contribution in [3.8, 4) is 0 Å². The maximum Gasteiger partial charge on any atom is 0.405 e. The third kappa shape index (κ3) is 20.8. The summed E-state index contributed by atoms with van der Waals surface area (Å²) < 4.78 is 39.0. The number of nitrogens with one attached hydrogen (secondary N) is 1. The van der Waals surface area contributed by atoms with E-state index in [-0.39, 0.29) is 6.61 Å². The van der Waals surface area contributed by atoms with Crippen molar-refractivity contribution >= 4 is 16.2 Å². The summed E-state index contributed by atoms with van der Waals surface area (Å²) in [7, 11) is -1.85. The van der Waals surface area contributed by atoms with Crippen LogP contribution in [0.1, 0.15) is 141 Å². The predicted octanol–water partition coefficient (Wildman–Crippen LogP) is 8.76. The molecule has 0 saturated carbocycles. The lowest BCUT2D eigenvalue weighted by Crippen LogP contribution is -2.52. The number of benzene rings is 1. The summed E-state index contributed by atoms with van der Waals surface area (Å²) in [5.41, 5.74) is 0.393. The van der Waals surface area contributed by atoms with Crippen LogP contribution in [0.15, 0.2) is 24.3 Å². The molecule has 0 heterocycles. The van der Waals surface area contributed by atoms with E-state index in [1.54, 1.807) is 7.11 Å². The molecule has 0 aromatic heterocycles. The fourth-order valence-electron chi connectivity index (χ4n) is 5.64. The van der Waals surface area contributed by atoms with Gasteiger partial charge >= 0.3 is 6.09 Å². The SMILES string of the molecule is CCCCCCCCCCCCCCCCCC(C)(CC(C)(COCc1ccc(COS(C)(=O)=O)cc1)OC)NC(=O)O. The fourth-order valence-corrected chi connectivity index (χ4v) is 5.99. The van der Waals surface area contributed by atoms with Crippen molar-refractivity contribution in [1.82, 2.24) is 5.32 Å². The van der Waals surface area contributed by atoms with Crippen molar-refractivity contribution in [2.75, 3.05) is 20.0 Å². The average molecular weight is 628 g/mol. The highest BCUT2D eigenvalue weighted by Gasteiger charge is 2.37. The smallest absolute Gasteiger partial charge is 0.405 e. The second-order valence-corrected chi connectivity index (χ2v) is 14.4. The van der Waals surface area contributed by atoms with Gasteiger partial charge in [-0.05, 0) is 31.4 Å². The summed E-state index contributed by atoms with van der Waals surface area (Å²) in [4.78, 5) is 11.7. The largest absolute Gasteiger partial charge is 0.465 e. The molecule has 0 aliphatic carbocycles. The second-order valence-electron chi connectivity index (χ2n) is 12.8. The van der Waals surface area contributed by atoms with Gasteiger partial charge in [-0.2, -0.15) is 8.42 Å². The Morgan fingerprint density at radius 2 is 1.23 bits per heavy atom. The lowest BCUT2D eigenvalue weighted by molar-refractivity contribution is -0.0850. The molecule has 0 aliphatic heterocycles. The van der Waals surface area contributed by atoms with E-state index in [1.165, 1.54) is 83.5 Å². The minimum atomic E-state index is -3.49. The third-order valence-corrected chi connectivity index (χ3v) is 8.68. The Hall–Kier alpha value is -1.68. The number of unbranched alkanes of at least 4 members (excludes halogenated alkanes) is 14. The van der Waals surface area contributed by atoms with Gasteiger partial charge in [0.15, 0.2) is 0 Å². The van der Waals surface area contributed by atoms with Crippen LogP contribution in [0.3, 0.4) is 0 Å². The van der Waals surface area contributed by atoms with E-state index in [2.05, 4.69) is 12.2 Å². The molecule has 8 nitrogen and oxygen atoms in total. The molecule has 0 aliphatic rings. The zero-order valence-electron chi connectivity index (χ0n) is 27.8. The number of hydrogen-bond donors (Lipinski definition) is 2. The highest BCUT2D eigenvalue weighted by Crippen LogP contribution is 2.29. The number of carbonyl (C=O) groups is 1. The molecular weight excluding hydrogens is 566 g/mol. The monoisotopic (exact) mass is 627 g/mol. The highest BCUT2D eigenvalue weighted by molar-refractivity contribution is 7.85. The number of hydrogen-bond acceptors (Lipinski definition) is 6. The normalized spacial score (nSPS) is 14.7. The molecule has 1 aromatic rings. The van der Waals surface area contributed by atoms with E-state index in [0.717, 1.165) is 36.6 Å². The Bertz CT molecular complexity index is 969. The number of ether oxygens (including phenoxy) is 2. The van der Waals surface area contributed by atoms with Gasteiger partial charge in [0.25, 0.3) is 10.1 Å². The van der Waals surface area contributed by atoms with Crippen molar-refractivity contribution in [2.24, 2.45) is 0 Å². The van der Waals surface area contributed by atoms with E-state index >= 15 is 0 Å². The van der Waals surface area contributed by atoms with E-state index < -0.39 is 27.4 Å². The van der Waals surface area contributed by atoms with E-state index in [9.17, 15) is 18.3 Å². The molecule has 1 amide bonds. The molecule has 1 aromatic carbocycles. The summed E-state index contributed by atoms with van der Waals surface area (Å²) in [5.74, 6) is 0. The molecule has 250 valence electrons. The van der Waals surface area contributed by atoms with Crippen LogP contribution in [0.2, 0.25) is 0 Å². The first-order chi connectivity index (χ1) is 20.4. The van der Waals surface area contributed by atoms with Gasteiger partial charge in [-0.1, -0.05) is 128 Å².